The zero-order chi connectivity index (χ0) is 18.7. The van der Waals surface area contributed by atoms with E-state index >= 15 is 0 Å². The van der Waals surface area contributed by atoms with Crippen LogP contribution in [0.5, 0.6) is 0 Å². The van der Waals surface area contributed by atoms with Crippen LogP contribution in [0.1, 0.15) is 19.4 Å². The first-order valence-electron chi connectivity index (χ1n) is 8.50. The van der Waals surface area contributed by atoms with Crippen LogP contribution in [0.25, 0.3) is 11.5 Å². The Kier molecular flexibility index (Phi) is 5.13. The van der Waals surface area contributed by atoms with Crippen molar-refractivity contribution in [2.24, 2.45) is 5.92 Å². The molecule has 26 heavy (non-hydrogen) atoms. The average molecular weight is 370 g/mol. The Hall–Kier alpha value is -2.60. The number of sulfone groups is 1. The molecular weight excluding hydrogens is 348 g/mol. The van der Waals surface area contributed by atoms with Crippen LogP contribution in [0.2, 0.25) is 0 Å². The van der Waals surface area contributed by atoms with E-state index in [-0.39, 0.29) is 21.7 Å². The van der Waals surface area contributed by atoms with Crippen LogP contribution in [0.3, 0.4) is 0 Å². The fourth-order valence-electron chi connectivity index (χ4n) is 2.43. The highest BCUT2D eigenvalue weighted by Crippen LogP contribution is 2.32. The molecule has 0 saturated carbocycles. The van der Waals surface area contributed by atoms with Gasteiger partial charge in [-0.3, -0.25) is 0 Å². The molecule has 0 saturated heterocycles. The fraction of sp³-hybridized carbons (Fsp3) is 0.250. The normalized spacial score (nSPS) is 11.7. The molecule has 0 bridgehead atoms. The summed E-state index contributed by atoms with van der Waals surface area (Å²) in [6, 6.07) is 16.0. The topological polar surface area (TPSA) is 72.2 Å². The Morgan fingerprint density at radius 3 is 2.31 bits per heavy atom. The molecule has 0 spiro atoms. The number of oxazole rings is 1. The Bertz CT molecular complexity index is 976. The van der Waals surface area contributed by atoms with Gasteiger partial charge in [0.15, 0.2) is 0 Å². The van der Waals surface area contributed by atoms with Gasteiger partial charge in [0.25, 0.3) is 0 Å². The van der Waals surface area contributed by atoms with Crippen molar-refractivity contribution in [2.45, 2.75) is 30.7 Å². The second-order valence-electron chi connectivity index (χ2n) is 6.61. The summed E-state index contributed by atoms with van der Waals surface area (Å²) in [6.07, 6.45) is 0. The molecule has 1 heterocycles. The molecular formula is C20H22N2O3S. The van der Waals surface area contributed by atoms with Gasteiger partial charge in [0.1, 0.15) is 0 Å². The minimum Gasteiger partial charge on any atom is -0.419 e. The number of hydrogen-bond acceptors (Lipinski definition) is 5. The SMILES string of the molecule is Cc1ccc(S(=O)(=O)c2nc(-c3ccccc3)oc2NCC(C)C)cc1. The highest BCUT2D eigenvalue weighted by Gasteiger charge is 2.28. The molecule has 0 aliphatic carbocycles. The van der Waals surface area contributed by atoms with E-state index in [9.17, 15) is 8.42 Å². The van der Waals surface area contributed by atoms with E-state index in [4.69, 9.17) is 4.42 Å². The summed E-state index contributed by atoms with van der Waals surface area (Å²) in [7, 11) is -3.79. The van der Waals surface area contributed by atoms with Crippen molar-refractivity contribution >= 4 is 15.7 Å². The summed E-state index contributed by atoms with van der Waals surface area (Å²) < 4.78 is 32.0. The lowest BCUT2D eigenvalue weighted by atomic mass is 10.2. The monoisotopic (exact) mass is 370 g/mol. The van der Waals surface area contributed by atoms with Crippen LogP contribution >= 0.6 is 0 Å². The van der Waals surface area contributed by atoms with Gasteiger partial charge in [0, 0.05) is 12.1 Å². The number of nitrogens with zero attached hydrogens (tertiary/aromatic N) is 1. The van der Waals surface area contributed by atoms with Crippen LogP contribution in [0.15, 0.2) is 68.9 Å². The summed E-state index contributed by atoms with van der Waals surface area (Å²) in [6.45, 7) is 6.57. The Labute approximate surface area is 154 Å². The van der Waals surface area contributed by atoms with Crippen LogP contribution in [0, 0.1) is 12.8 Å². The van der Waals surface area contributed by atoms with Crippen molar-refractivity contribution in [3.63, 3.8) is 0 Å². The van der Waals surface area contributed by atoms with Crippen LogP contribution in [-0.4, -0.2) is 19.9 Å². The Balaban J connectivity index is 2.08. The predicted molar refractivity (Wildman–Crippen MR) is 102 cm³/mol. The van der Waals surface area contributed by atoms with Gasteiger partial charge in [-0.2, -0.15) is 4.98 Å². The van der Waals surface area contributed by atoms with Gasteiger partial charge >= 0.3 is 0 Å². The number of nitrogens with one attached hydrogen (secondary N) is 1. The summed E-state index contributed by atoms with van der Waals surface area (Å²) in [4.78, 5) is 4.51. The number of hydrogen-bond donors (Lipinski definition) is 1. The molecule has 1 N–H and O–H groups in total. The van der Waals surface area contributed by atoms with E-state index in [0.717, 1.165) is 11.1 Å². The molecule has 0 fully saturated rings. The predicted octanol–water partition coefficient (Wildman–Crippen LogP) is 4.55. The molecule has 1 aromatic heterocycles. The minimum absolute atomic E-state index is 0.0825. The van der Waals surface area contributed by atoms with Gasteiger partial charge in [-0.1, -0.05) is 49.7 Å². The third-order valence-electron chi connectivity index (χ3n) is 3.87. The minimum atomic E-state index is -3.79. The highest BCUT2D eigenvalue weighted by atomic mass is 32.2. The largest absolute Gasteiger partial charge is 0.419 e. The van der Waals surface area contributed by atoms with E-state index < -0.39 is 9.84 Å². The molecule has 0 atom stereocenters. The van der Waals surface area contributed by atoms with Gasteiger partial charge < -0.3 is 9.73 Å². The molecule has 6 heteroatoms. The third-order valence-corrected chi connectivity index (χ3v) is 5.55. The number of aryl methyl sites for hydroxylation is 1. The Morgan fingerprint density at radius 2 is 1.69 bits per heavy atom. The van der Waals surface area contributed by atoms with Crippen molar-refractivity contribution in [3.8, 4) is 11.5 Å². The van der Waals surface area contributed by atoms with Crippen LogP contribution in [0.4, 0.5) is 5.88 Å². The summed E-state index contributed by atoms with van der Waals surface area (Å²) in [5.74, 6) is 0.788. The summed E-state index contributed by atoms with van der Waals surface area (Å²) >= 11 is 0. The average Bonchev–Trinajstić information content (AvgIpc) is 3.06. The maximum Gasteiger partial charge on any atom is 0.233 e. The van der Waals surface area contributed by atoms with Crippen molar-refractivity contribution in [1.29, 1.82) is 0 Å². The molecule has 3 aromatic rings. The van der Waals surface area contributed by atoms with E-state index in [2.05, 4.69) is 10.3 Å². The number of benzene rings is 2. The molecule has 0 aliphatic heterocycles. The third kappa shape index (κ3) is 3.80. The van der Waals surface area contributed by atoms with Gasteiger partial charge in [0.2, 0.25) is 26.6 Å². The zero-order valence-corrected chi connectivity index (χ0v) is 15.9. The molecule has 5 nitrogen and oxygen atoms in total. The summed E-state index contributed by atoms with van der Waals surface area (Å²) in [5, 5.41) is 3.00. The number of aromatic nitrogens is 1. The molecule has 0 unspecified atom stereocenters. The van der Waals surface area contributed by atoms with E-state index in [0.29, 0.717) is 12.5 Å². The molecule has 0 aliphatic rings. The van der Waals surface area contributed by atoms with Crippen molar-refractivity contribution in [2.75, 3.05) is 11.9 Å². The van der Waals surface area contributed by atoms with Gasteiger partial charge in [0.05, 0.1) is 4.90 Å². The first kappa shape index (κ1) is 18.2. The lowest BCUT2D eigenvalue weighted by molar-refractivity contribution is 0.567. The van der Waals surface area contributed by atoms with Crippen LogP contribution < -0.4 is 5.32 Å². The highest BCUT2D eigenvalue weighted by molar-refractivity contribution is 7.91. The molecule has 2 aromatic carbocycles. The van der Waals surface area contributed by atoms with E-state index in [1.165, 1.54) is 0 Å². The molecule has 3 rings (SSSR count). The molecule has 136 valence electrons. The van der Waals surface area contributed by atoms with E-state index in [1.807, 2.05) is 51.1 Å². The second kappa shape index (κ2) is 7.33. The fourth-order valence-corrected chi connectivity index (χ4v) is 3.71. The first-order chi connectivity index (χ1) is 12.4. The standard InChI is InChI=1S/C20H22N2O3S/c1-14(2)13-21-19-20(22-18(25-19)16-7-5-4-6-8-16)26(23,24)17-11-9-15(3)10-12-17/h4-12,14,21H,13H2,1-3H3. The van der Waals surface area contributed by atoms with Crippen LogP contribution in [-0.2, 0) is 9.84 Å². The number of anilines is 1. The van der Waals surface area contributed by atoms with E-state index in [1.54, 1.807) is 24.3 Å². The lowest BCUT2D eigenvalue weighted by Gasteiger charge is -2.08. The number of rotatable bonds is 6. The van der Waals surface area contributed by atoms with Gasteiger partial charge in [-0.15, -0.1) is 0 Å². The Morgan fingerprint density at radius 1 is 1.04 bits per heavy atom. The van der Waals surface area contributed by atoms with Crippen molar-refractivity contribution in [1.82, 2.24) is 4.98 Å². The van der Waals surface area contributed by atoms with Gasteiger partial charge in [-0.25, -0.2) is 8.42 Å². The van der Waals surface area contributed by atoms with Crippen molar-refractivity contribution in [3.05, 3.63) is 60.2 Å². The smallest absolute Gasteiger partial charge is 0.233 e. The second-order valence-corrected chi connectivity index (χ2v) is 8.48. The lowest BCUT2D eigenvalue weighted by Crippen LogP contribution is -2.11. The van der Waals surface area contributed by atoms with Gasteiger partial charge in [-0.05, 0) is 37.1 Å². The first-order valence-corrected chi connectivity index (χ1v) is 9.98. The van der Waals surface area contributed by atoms with Crippen molar-refractivity contribution < 1.29 is 12.8 Å². The molecule has 0 radical (unpaired) electrons. The molecule has 0 amide bonds. The maximum atomic E-state index is 13.1. The maximum absolute atomic E-state index is 13.1. The zero-order valence-electron chi connectivity index (χ0n) is 15.1. The quantitative estimate of drug-likeness (QED) is 0.689. The summed E-state index contributed by atoms with van der Waals surface area (Å²) in [5.41, 5.74) is 1.72.